The fourth-order valence-electron chi connectivity index (χ4n) is 1.11. The fraction of sp³-hybridized carbons (Fsp3) is 0.333. The van der Waals surface area contributed by atoms with Gasteiger partial charge < -0.3 is 15.9 Å². The first kappa shape index (κ1) is 10.4. The highest BCUT2D eigenvalue weighted by molar-refractivity contribution is 5.41. The van der Waals surface area contributed by atoms with Crippen LogP contribution in [0.3, 0.4) is 0 Å². The van der Waals surface area contributed by atoms with Crippen LogP contribution in [0.5, 0.6) is 0 Å². The van der Waals surface area contributed by atoms with Gasteiger partial charge in [-0.2, -0.15) is 5.26 Å². The number of nitrogen functional groups attached to an aromatic ring is 1. The number of anilines is 1. The zero-order valence-corrected chi connectivity index (χ0v) is 7.68. The molecule has 1 rings (SSSR count). The van der Waals surface area contributed by atoms with Gasteiger partial charge in [0, 0.05) is 11.3 Å². The molecular formula is C9H11N3O2. The summed E-state index contributed by atoms with van der Waals surface area (Å²) in [4.78, 5) is 3.91. The van der Waals surface area contributed by atoms with E-state index in [-0.39, 0.29) is 0 Å². The topological polar surface area (TPSA) is 103 Å². The Kier molecular flexibility index (Phi) is 3.02. The second-order valence-electron chi connectivity index (χ2n) is 2.96. The maximum absolute atomic E-state index is 9.53. The van der Waals surface area contributed by atoms with E-state index in [1.807, 2.05) is 0 Å². The van der Waals surface area contributed by atoms with E-state index in [9.17, 15) is 5.11 Å². The lowest BCUT2D eigenvalue weighted by atomic mass is 10.0. The number of rotatable bonds is 2. The molecule has 0 aliphatic rings. The van der Waals surface area contributed by atoms with Crippen LogP contribution in [0, 0.1) is 18.3 Å². The number of nitrogens with two attached hydrogens (primary N) is 1. The summed E-state index contributed by atoms with van der Waals surface area (Å²) in [7, 11) is 0. The van der Waals surface area contributed by atoms with E-state index in [2.05, 4.69) is 4.98 Å². The van der Waals surface area contributed by atoms with Gasteiger partial charge in [0.25, 0.3) is 0 Å². The summed E-state index contributed by atoms with van der Waals surface area (Å²) in [5.74, 6) is 0. The zero-order chi connectivity index (χ0) is 10.7. The molecule has 0 spiro atoms. The SMILES string of the molecule is Cc1ncc(N)cc1C(O)C(O)C#N. The quantitative estimate of drug-likeness (QED) is 0.568. The predicted octanol–water partition coefficient (Wildman–Crippen LogP) is -0.110. The van der Waals surface area contributed by atoms with Crippen LogP contribution in [0.4, 0.5) is 5.69 Å². The Bertz CT molecular complexity index is 373. The monoisotopic (exact) mass is 193 g/mol. The van der Waals surface area contributed by atoms with Crippen LogP contribution in [-0.2, 0) is 0 Å². The molecule has 2 unspecified atom stereocenters. The Morgan fingerprint density at radius 2 is 2.21 bits per heavy atom. The number of nitrogens with zero attached hydrogens (tertiary/aromatic N) is 2. The maximum atomic E-state index is 9.53. The lowest BCUT2D eigenvalue weighted by Crippen LogP contribution is -2.17. The Morgan fingerprint density at radius 1 is 1.57 bits per heavy atom. The number of pyridine rings is 1. The molecule has 0 aromatic carbocycles. The molecule has 5 heteroatoms. The Labute approximate surface area is 81.4 Å². The molecule has 0 saturated heterocycles. The van der Waals surface area contributed by atoms with Crippen molar-refractivity contribution in [2.24, 2.45) is 0 Å². The molecule has 74 valence electrons. The van der Waals surface area contributed by atoms with Gasteiger partial charge >= 0.3 is 0 Å². The molecule has 5 nitrogen and oxygen atoms in total. The molecule has 0 fully saturated rings. The van der Waals surface area contributed by atoms with Crippen molar-refractivity contribution in [2.75, 3.05) is 5.73 Å². The largest absolute Gasteiger partial charge is 0.397 e. The second-order valence-corrected chi connectivity index (χ2v) is 2.96. The van der Waals surface area contributed by atoms with Crippen LogP contribution in [0.1, 0.15) is 17.4 Å². The number of aryl methyl sites for hydroxylation is 1. The van der Waals surface area contributed by atoms with Gasteiger partial charge in [-0.25, -0.2) is 0 Å². The first-order valence-electron chi connectivity index (χ1n) is 4.04. The second kappa shape index (κ2) is 4.05. The smallest absolute Gasteiger partial charge is 0.170 e. The molecule has 0 radical (unpaired) electrons. The normalized spacial score (nSPS) is 14.4. The first-order chi connectivity index (χ1) is 6.56. The first-order valence-corrected chi connectivity index (χ1v) is 4.04. The number of aromatic nitrogens is 1. The molecule has 1 aromatic rings. The molecule has 0 amide bonds. The minimum absolute atomic E-state index is 0.374. The molecule has 0 aliphatic heterocycles. The highest BCUT2D eigenvalue weighted by Crippen LogP contribution is 2.20. The summed E-state index contributed by atoms with van der Waals surface area (Å²) in [6, 6.07) is 3.04. The highest BCUT2D eigenvalue weighted by atomic mass is 16.3. The minimum Gasteiger partial charge on any atom is -0.397 e. The van der Waals surface area contributed by atoms with Crippen molar-refractivity contribution in [2.45, 2.75) is 19.1 Å². The van der Waals surface area contributed by atoms with E-state index in [0.29, 0.717) is 16.9 Å². The van der Waals surface area contributed by atoms with Crippen LogP contribution in [0.2, 0.25) is 0 Å². The van der Waals surface area contributed by atoms with Gasteiger partial charge in [-0.15, -0.1) is 0 Å². The van der Waals surface area contributed by atoms with Gasteiger partial charge in [-0.1, -0.05) is 0 Å². The Hall–Kier alpha value is -1.64. The van der Waals surface area contributed by atoms with Gasteiger partial charge in [0.2, 0.25) is 0 Å². The zero-order valence-electron chi connectivity index (χ0n) is 7.68. The molecule has 1 aromatic heterocycles. The number of nitriles is 1. The number of aliphatic hydroxyl groups is 2. The molecule has 0 aliphatic carbocycles. The summed E-state index contributed by atoms with van der Waals surface area (Å²) >= 11 is 0. The van der Waals surface area contributed by atoms with E-state index in [1.54, 1.807) is 13.0 Å². The third-order valence-corrected chi connectivity index (χ3v) is 1.90. The van der Waals surface area contributed by atoms with Crippen molar-refractivity contribution < 1.29 is 10.2 Å². The van der Waals surface area contributed by atoms with Gasteiger partial charge in [-0.3, -0.25) is 4.98 Å². The molecule has 2 atom stereocenters. The van der Waals surface area contributed by atoms with Crippen molar-refractivity contribution in [3.63, 3.8) is 0 Å². The van der Waals surface area contributed by atoms with Gasteiger partial charge in [0.05, 0.1) is 18.0 Å². The molecule has 1 heterocycles. The Morgan fingerprint density at radius 3 is 2.79 bits per heavy atom. The summed E-state index contributed by atoms with van der Waals surface area (Å²) in [5, 5.41) is 27.1. The Balaban J connectivity index is 3.07. The van der Waals surface area contributed by atoms with Crippen molar-refractivity contribution in [3.05, 3.63) is 23.5 Å². The average molecular weight is 193 g/mol. The summed E-state index contributed by atoms with van der Waals surface area (Å²) in [5.41, 5.74) is 6.77. The molecule has 0 bridgehead atoms. The summed E-state index contributed by atoms with van der Waals surface area (Å²) in [6.45, 7) is 1.67. The minimum atomic E-state index is -1.46. The molecule has 14 heavy (non-hydrogen) atoms. The molecule has 4 N–H and O–H groups in total. The van der Waals surface area contributed by atoms with E-state index in [0.717, 1.165) is 0 Å². The van der Waals surface area contributed by atoms with E-state index >= 15 is 0 Å². The van der Waals surface area contributed by atoms with E-state index < -0.39 is 12.2 Å². The van der Waals surface area contributed by atoms with Crippen molar-refractivity contribution in [3.8, 4) is 6.07 Å². The molecular weight excluding hydrogens is 182 g/mol. The van der Waals surface area contributed by atoms with Crippen LogP contribution >= 0.6 is 0 Å². The van der Waals surface area contributed by atoms with E-state index in [1.165, 1.54) is 12.3 Å². The summed E-state index contributed by atoms with van der Waals surface area (Å²) in [6.07, 6.45) is -1.28. The van der Waals surface area contributed by atoms with Crippen molar-refractivity contribution in [1.29, 1.82) is 5.26 Å². The van der Waals surface area contributed by atoms with Crippen LogP contribution in [0.25, 0.3) is 0 Å². The van der Waals surface area contributed by atoms with Gasteiger partial charge in [-0.05, 0) is 13.0 Å². The fourth-order valence-corrected chi connectivity index (χ4v) is 1.11. The van der Waals surface area contributed by atoms with Gasteiger partial charge in [0.15, 0.2) is 6.10 Å². The average Bonchev–Trinajstić information content (AvgIpc) is 2.19. The van der Waals surface area contributed by atoms with Crippen LogP contribution in [0.15, 0.2) is 12.3 Å². The predicted molar refractivity (Wildman–Crippen MR) is 50.0 cm³/mol. The van der Waals surface area contributed by atoms with Crippen molar-refractivity contribution in [1.82, 2.24) is 4.98 Å². The van der Waals surface area contributed by atoms with Gasteiger partial charge in [0.1, 0.15) is 6.10 Å². The highest BCUT2D eigenvalue weighted by Gasteiger charge is 2.20. The maximum Gasteiger partial charge on any atom is 0.170 e. The van der Waals surface area contributed by atoms with Crippen molar-refractivity contribution >= 4 is 5.69 Å². The number of aliphatic hydroxyl groups excluding tert-OH is 2. The van der Waals surface area contributed by atoms with Crippen LogP contribution in [-0.4, -0.2) is 21.3 Å². The molecule has 0 saturated carbocycles. The lowest BCUT2D eigenvalue weighted by Gasteiger charge is -2.14. The lowest BCUT2D eigenvalue weighted by molar-refractivity contribution is 0.0521. The van der Waals surface area contributed by atoms with E-state index in [4.69, 9.17) is 16.1 Å². The third-order valence-electron chi connectivity index (χ3n) is 1.90. The number of hydrogen-bond donors (Lipinski definition) is 3. The number of hydrogen-bond acceptors (Lipinski definition) is 5. The summed E-state index contributed by atoms with van der Waals surface area (Å²) < 4.78 is 0. The standard InChI is InChI=1S/C9H11N3O2/c1-5-7(2-6(11)4-12-5)9(14)8(13)3-10/h2,4,8-9,13-14H,11H2,1H3. The van der Waals surface area contributed by atoms with Crippen LogP contribution < -0.4 is 5.73 Å². The third kappa shape index (κ3) is 1.99.